The van der Waals surface area contributed by atoms with Gasteiger partial charge in [-0.2, -0.15) is 0 Å². The van der Waals surface area contributed by atoms with Crippen LogP contribution in [-0.2, 0) is 0 Å². The van der Waals surface area contributed by atoms with Gasteiger partial charge in [0.2, 0.25) is 0 Å². The molecule has 0 aliphatic carbocycles. The van der Waals surface area contributed by atoms with Gasteiger partial charge in [-0.05, 0) is 12.5 Å². The molecule has 0 atom stereocenters. The second-order valence-corrected chi connectivity index (χ2v) is 5.23. The molecule has 1 aliphatic rings. The van der Waals surface area contributed by atoms with Crippen molar-refractivity contribution in [1.29, 1.82) is 0 Å². The summed E-state index contributed by atoms with van der Waals surface area (Å²) in [4.78, 5) is 13.9. The van der Waals surface area contributed by atoms with Crippen LogP contribution in [0.3, 0.4) is 0 Å². The van der Waals surface area contributed by atoms with Gasteiger partial charge in [-0.3, -0.25) is 10.1 Å². The molecule has 1 aromatic rings. The molecule has 1 aromatic carbocycles. The molecular weight excluding hydrogens is 264 g/mol. The first-order valence-corrected chi connectivity index (χ1v) is 7.32. The molecule has 5 nitrogen and oxygen atoms in total. The average molecular weight is 284 g/mol. The molecule has 0 aromatic heterocycles. The number of hydrogen-bond donors (Lipinski definition) is 1. The summed E-state index contributed by atoms with van der Waals surface area (Å²) in [6, 6.07) is 5.17. The van der Waals surface area contributed by atoms with Crippen molar-refractivity contribution in [2.75, 3.05) is 30.9 Å². The predicted octanol–water partition coefficient (Wildman–Crippen LogP) is 2.92. The SMILES string of the molecule is CCCCN1CCSc2ccc([N+](=O)[O-])cc21.CO. The number of anilines is 1. The van der Waals surface area contributed by atoms with Crippen molar-refractivity contribution in [3.05, 3.63) is 28.3 Å². The van der Waals surface area contributed by atoms with Gasteiger partial charge in [0.25, 0.3) is 5.69 Å². The van der Waals surface area contributed by atoms with Crippen molar-refractivity contribution in [3.63, 3.8) is 0 Å². The summed E-state index contributed by atoms with van der Waals surface area (Å²) in [5, 5.41) is 17.8. The maximum absolute atomic E-state index is 10.8. The lowest BCUT2D eigenvalue weighted by molar-refractivity contribution is -0.384. The summed E-state index contributed by atoms with van der Waals surface area (Å²) in [6.45, 7) is 4.14. The van der Waals surface area contributed by atoms with Gasteiger partial charge in [-0.25, -0.2) is 0 Å². The van der Waals surface area contributed by atoms with E-state index in [4.69, 9.17) is 5.11 Å². The van der Waals surface area contributed by atoms with Crippen molar-refractivity contribution in [2.45, 2.75) is 24.7 Å². The van der Waals surface area contributed by atoms with Crippen molar-refractivity contribution in [1.82, 2.24) is 0 Å². The fourth-order valence-electron chi connectivity index (χ4n) is 1.96. The van der Waals surface area contributed by atoms with E-state index in [0.29, 0.717) is 0 Å². The highest BCUT2D eigenvalue weighted by Crippen LogP contribution is 2.37. The molecule has 106 valence electrons. The Balaban J connectivity index is 0.000000861. The molecule has 2 rings (SSSR count). The number of aliphatic hydroxyl groups is 1. The molecule has 0 spiro atoms. The molecule has 1 N–H and O–H groups in total. The molecule has 1 heterocycles. The topological polar surface area (TPSA) is 66.6 Å². The van der Waals surface area contributed by atoms with Crippen LogP contribution in [0.4, 0.5) is 11.4 Å². The van der Waals surface area contributed by atoms with Crippen molar-refractivity contribution >= 4 is 23.1 Å². The lowest BCUT2D eigenvalue weighted by Gasteiger charge is -2.30. The third-order valence-corrected chi connectivity index (χ3v) is 3.94. The minimum atomic E-state index is -0.322. The van der Waals surface area contributed by atoms with Crippen LogP contribution >= 0.6 is 11.8 Å². The summed E-state index contributed by atoms with van der Waals surface area (Å²) in [7, 11) is 1.00. The van der Waals surface area contributed by atoms with Gasteiger partial charge in [0, 0.05) is 43.0 Å². The minimum Gasteiger partial charge on any atom is -0.400 e. The van der Waals surface area contributed by atoms with Crippen LogP contribution in [0.5, 0.6) is 0 Å². The quantitative estimate of drug-likeness (QED) is 0.680. The predicted molar refractivity (Wildman–Crippen MR) is 79.1 cm³/mol. The van der Waals surface area contributed by atoms with Gasteiger partial charge in [-0.1, -0.05) is 13.3 Å². The van der Waals surface area contributed by atoms with Gasteiger partial charge >= 0.3 is 0 Å². The van der Waals surface area contributed by atoms with Gasteiger partial charge in [0.15, 0.2) is 0 Å². The summed E-state index contributed by atoms with van der Waals surface area (Å²) in [5.74, 6) is 1.06. The Bertz CT molecular complexity index is 426. The zero-order valence-electron chi connectivity index (χ0n) is 11.3. The zero-order chi connectivity index (χ0) is 14.3. The first-order chi connectivity index (χ1) is 9.22. The van der Waals surface area contributed by atoms with Crippen LogP contribution in [0.2, 0.25) is 0 Å². The van der Waals surface area contributed by atoms with Crippen LogP contribution in [0.15, 0.2) is 23.1 Å². The van der Waals surface area contributed by atoms with E-state index in [0.717, 1.165) is 49.4 Å². The Kier molecular flexibility index (Phi) is 6.66. The summed E-state index contributed by atoms with van der Waals surface area (Å²) >= 11 is 1.78. The average Bonchev–Trinajstić information content (AvgIpc) is 2.46. The van der Waals surface area contributed by atoms with Crippen LogP contribution in [-0.4, -0.2) is 36.0 Å². The monoisotopic (exact) mass is 284 g/mol. The molecule has 0 fully saturated rings. The molecule has 6 heteroatoms. The number of fused-ring (bicyclic) bond motifs is 1. The third kappa shape index (κ3) is 4.11. The molecule has 19 heavy (non-hydrogen) atoms. The number of nitrogens with zero attached hydrogens (tertiary/aromatic N) is 2. The van der Waals surface area contributed by atoms with Crippen LogP contribution in [0.1, 0.15) is 19.8 Å². The largest absolute Gasteiger partial charge is 0.400 e. The fraction of sp³-hybridized carbons (Fsp3) is 0.538. The summed E-state index contributed by atoms with van der Waals surface area (Å²) in [6.07, 6.45) is 2.28. The van der Waals surface area contributed by atoms with Gasteiger partial charge in [-0.15, -0.1) is 11.8 Å². The molecule has 0 radical (unpaired) electrons. The second-order valence-electron chi connectivity index (χ2n) is 4.10. The maximum Gasteiger partial charge on any atom is 0.271 e. The highest BCUT2D eigenvalue weighted by molar-refractivity contribution is 7.99. The van der Waals surface area contributed by atoms with E-state index >= 15 is 0 Å². The molecule has 0 unspecified atom stereocenters. The van der Waals surface area contributed by atoms with Crippen molar-refractivity contribution in [2.24, 2.45) is 0 Å². The normalized spacial score (nSPS) is 13.3. The number of nitro benzene ring substituents is 1. The Morgan fingerprint density at radius 1 is 1.47 bits per heavy atom. The van der Waals surface area contributed by atoms with Crippen molar-refractivity contribution in [3.8, 4) is 0 Å². The van der Waals surface area contributed by atoms with E-state index in [1.807, 2.05) is 6.07 Å². The van der Waals surface area contributed by atoms with E-state index in [1.54, 1.807) is 23.9 Å². The van der Waals surface area contributed by atoms with E-state index in [9.17, 15) is 10.1 Å². The van der Waals surface area contributed by atoms with Crippen LogP contribution in [0, 0.1) is 10.1 Å². The first kappa shape index (κ1) is 15.8. The fourth-order valence-corrected chi connectivity index (χ4v) is 2.99. The molecule has 0 bridgehead atoms. The molecular formula is C13H20N2O3S. The van der Waals surface area contributed by atoms with Crippen LogP contribution < -0.4 is 4.90 Å². The Morgan fingerprint density at radius 2 is 2.21 bits per heavy atom. The maximum atomic E-state index is 10.8. The number of benzene rings is 1. The number of aliphatic hydroxyl groups excluding tert-OH is 1. The Morgan fingerprint density at radius 3 is 2.84 bits per heavy atom. The van der Waals surface area contributed by atoms with E-state index < -0.39 is 0 Å². The lowest BCUT2D eigenvalue weighted by Crippen LogP contribution is -2.30. The number of hydrogen-bond acceptors (Lipinski definition) is 5. The lowest BCUT2D eigenvalue weighted by atomic mass is 10.2. The Labute approximate surface area is 117 Å². The van der Waals surface area contributed by atoms with Crippen LogP contribution in [0.25, 0.3) is 0 Å². The number of nitro groups is 1. The number of rotatable bonds is 4. The van der Waals surface area contributed by atoms with E-state index in [1.165, 1.54) is 0 Å². The van der Waals surface area contributed by atoms with E-state index in [-0.39, 0.29) is 10.6 Å². The van der Waals surface area contributed by atoms with Crippen molar-refractivity contribution < 1.29 is 10.0 Å². The number of unbranched alkanes of at least 4 members (excludes halogenated alkanes) is 1. The first-order valence-electron chi connectivity index (χ1n) is 6.33. The smallest absolute Gasteiger partial charge is 0.271 e. The third-order valence-electron chi connectivity index (χ3n) is 2.89. The minimum absolute atomic E-state index is 0.188. The van der Waals surface area contributed by atoms with Gasteiger partial charge in [0.1, 0.15) is 0 Å². The van der Waals surface area contributed by atoms with E-state index in [2.05, 4.69) is 11.8 Å². The highest BCUT2D eigenvalue weighted by Gasteiger charge is 2.19. The van der Waals surface area contributed by atoms with Gasteiger partial charge in [0.05, 0.1) is 10.6 Å². The van der Waals surface area contributed by atoms with Gasteiger partial charge < -0.3 is 10.0 Å². The molecule has 1 aliphatic heterocycles. The highest BCUT2D eigenvalue weighted by atomic mass is 32.2. The molecule has 0 saturated heterocycles. The Hall–Kier alpha value is -1.27. The number of non-ortho nitro benzene ring substituents is 1. The summed E-state index contributed by atoms with van der Waals surface area (Å²) < 4.78 is 0. The zero-order valence-corrected chi connectivity index (χ0v) is 12.2. The number of thioether (sulfide) groups is 1. The molecule has 0 amide bonds. The second kappa shape index (κ2) is 8.01. The standard InChI is InChI=1S/C12H16N2O2S.CH4O/c1-2-3-6-13-7-8-17-12-5-4-10(14(15)16)9-11(12)13;1-2/h4-5,9H,2-3,6-8H2,1H3;2H,1H3. The summed E-state index contributed by atoms with van der Waals surface area (Å²) in [5.41, 5.74) is 1.22. The molecule has 0 saturated carbocycles.